The first-order chi connectivity index (χ1) is 9.45. The number of aryl methyl sites for hydroxylation is 1. The van der Waals surface area contributed by atoms with Gasteiger partial charge in [-0.2, -0.15) is 0 Å². The van der Waals surface area contributed by atoms with Crippen molar-refractivity contribution < 1.29 is 14.6 Å². The molecule has 0 aliphatic rings. The SMILES string of the molecule is COC(=O)c1nc(-c2ccc(C)cc2)n(C)c(=O)c1O. The minimum Gasteiger partial charge on any atom is -0.501 e. The smallest absolute Gasteiger partial charge is 0.360 e. The van der Waals surface area contributed by atoms with E-state index in [9.17, 15) is 14.7 Å². The molecule has 0 saturated carbocycles. The first kappa shape index (κ1) is 13.8. The van der Waals surface area contributed by atoms with Crippen molar-refractivity contribution in [2.24, 2.45) is 7.05 Å². The molecule has 0 aliphatic heterocycles. The van der Waals surface area contributed by atoms with E-state index in [1.807, 2.05) is 19.1 Å². The highest BCUT2D eigenvalue weighted by molar-refractivity contribution is 5.90. The van der Waals surface area contributed by atoms with Crippen LogP contribution in [-0.4, -0.2) is 27.7 Å². The molecule has 1 heterocycles. The lowest BCUT2D eigenvalue weighted by Crippen LogP contribution is -2.23. The van der Waals surface area contributed by atoms with Gasteiger partial charge >= 0.3 is 5.97 Å². The Balaban J connectivity index is 2.70. The number of methoxy groups -OCH3 is 1. The van der Waals surface area contributed by atoms with Crippen LogP contribution in [0.3, 0.4) is 0 Å². The van der Waals surface area contributed by atoms with Crippen LogP contribution in [0.25, 0.3) is 11.4 Å². The van der Waals surface area contributed by atoms with Crippen molar-refractivity contribution in [3.8, 4) is 17.1 Å². The maximum Gasteiger partial charge on any atom is 0.360 e. The lowest BCUT2D eigenvalue weighted by atomic mass is 10.1. The number of hydrogen-bond acceptors (Lipinski definition) is 5. The molecular weight excluding hydrogens is 260 g/mol. The predicted molar refractivity (Wildman–Crippen MR) is 72.7 cm³/mol. The summed E-state index contributed by atoms with van der Waals surface area (Å²) >= 11 is 0. The number of nitrogens with zero attached hydrogens (tertiary/aromatic N) is 2. The van der Waals surface area contributed by atoms with Crippen LogP contribution in [-0.2, 0) is 11.8 Å². The van der Waals surface area contributed by atoms with E-state index >= 15 is 0 Å². The van der Waals surface area contributed by atoms with Crippen LogP contribution in [0.2, 0.25) is 0 Å². The van der Waals surface area contributed by atoms with E-state index in [2.05, 4.69) is 9.72 Å². The Kier molecular flexibility index (Phi) is 3.56. The zero-order valence-electron chi connectivity index (χ0n) is 11.4. The van der Waals surface area contributed by atoms with Gasteiger partial charge in [-0.3, -0.25) is 9.36 Å². The van der Waals surface area contributed by atoms with Crippen LogP contribution >= 0.6 is 0 Å². The molecule has 0 bridgehead atoms. The van der Waals surface area contributed by atoms with E-state index in [0.717, 1.165) is 12.7 Å². The van der Waals surface area contributed by atoms with Crippen LogP contribution in [0.4, 0.5) is 0 Å². The van der Waals surface area contributed by atoms with Gasteiger partial charge in [0.15, 0.2) is 5.69 Å². The Hall–Kier alpha value is -2.63. The quantitative estimate of drug-likeness (QED) is 0.833. The molecule has 6 nitrogen and oxygen atoms in total. The molecule has 6 heteroatoms. The van der Waals surface area contributed by atoms with Gasteiger partial charge < -0.3 is 9.84 Å². The molecule has 2 rings (SSSR count). The van der Waals surface area contributed by atoms with Crippen molar-refractivity contribution in [1.82, 2.24) is 9.55 Å². The second-order valence-corrected chi connectivity index (χ2v) is 4.35. The van der Waals surface area contributed by atoms with Crippen molar-refractivity contribution in [2.75, 3.05) is 7.11 Å². The highest BCUT2D eigenvalue weighted by Gasteiger charge is 2.21. The number of carbonyl (C=O) groups excluding carboxylic acids is 1. The van der Waals surface area contributed by atoms with Gasteiger partial charge in [0.1, 0.15) is 5.82 Å². The Morgan fingerprint density at radius 1 is 1.30 bits per heavy atom. The maximum atomic E-state index is 11.9. The molecule has 0 fully saturated rings. The molecule has 1 aromatic carbocycles. The Bertz CT molecular complexity index is 717. The fraction of sp³-hybridized carbons (Fsp3) is 0.214. The monoisotopic (exact) mass is 274 g/mol. The zero-order chi connectivity index (χ0) is 14.9. The largest absolute Gasteiger partial charge is 0.501 e. The maximum absolute atomic E-state index is 11.9. The number of carbonyl (C=O) groups is 1. The molecule has 0 amide bonds. The average Bonchev–Trinajstić information content (AvgIpc) is 2.45. The van der Waals surface area contributed by atoms with Gasteiger partial charge in [-0.25, -0.2) is 9.78 Å². The molecule has 1 N–H and O–H groups in total. The first-order valence-electron chi connectivity index (χ1n) is 5.91. The molecule has 0 saturated heterocycles. The third-order valence-corrected chi connectivity index (χ3v) is 2.96. The van der Waals surface area contributed by atoms with Crippen molar-refractivity contribution in [1.29, 1.82) is 0 Å². The van der Waals surface area contributed by atoms with Crippen LogP contribution < -0.4 is 5.56 Å². The third kappa shape index (κ3) is 2.27. The summed E-state index contributed by atoms with van der Waals surface area (Å²) in [5.41, 5.74) is 0.647. The fourth-order valence-corrected chi connectivity index (χ4v) is 1.79. The molecule has 2 aromatic rings. The summed E-state index contributed by atoms with van der Waals surface area (Å²) in [5.74, 6) is -1.28. The summed E-state index contributed by atoms with van der Waals surface area (Å²) < 4.78 is 5.70. The summed E-state index contributed by atoms with van der Waals surface area (Å²) in [6.45, 7) is 1.94. The van der Waals surface area contributed by atoms with Crippen LogP contribution in [0.5, 0.6) is 5.75 Å². The summed E-state index contributed by atoms with van der Waals surface area (Å²) in [6, 6.07) is 7.31. The third-order valence-electron chi connectivity index (χ3n) is 2.96. The average molecular weight is 274 g/mol. The number of aromatic nitrogens is 2. The lowest BCUT2D eigenvalue weighted by molar-refractivity contribution is 0.0589. The van der Waals surface area contributed by atoms with Gasteiger partial charge in [0.25, 0.3) is 5.56 Å². The van der Waals surface area contributed by atoms with Crippen molar-refractivity contribution in [3.05, 3.63) is 45.9 Å². The normalized spacial score (nSPS) is 10.3. The predicted octanol–water partition coefficient (Wildman–Crippen LogP) is 1.25. The van der Waals surface area contributed by atoms with E-state index in [1.165, 1.54) is 11.6 Å². The van der Waals surface area contributed by atoms with Crippen molar-refractivity contribution in [2.45, 2.75) is 6.92 Å². The highest BCUT2D eigenvalue weighted by atomic mass is 16.5. The van der Waals surface area contributed by atoms with E-state index in [1.54, 1.807) is 12.1 Å². The molecule has 1 aromatic heterocycles. The minimum atomic E-state index is -0.853. The minimum absolute atomic E-state index is 0.285. The molecule has 0 radical (unpaired) electrons. The highest BCUT2D eigenvalue weighted by Crippen LogP contribution is 2.19. The van der Waals surface area contributed by atoms with Gasteiger partial charge in [0.05, 0.1) is 7.11 Å². The van der Waals surface area contributed by atoms with E-state index in [4.69, 9.17) is 0 Å². The summed E-state index contributed by atoms with van der Waals surface area (Å²) in [4.78, 5) is 27.5. The Morgan fingerprint density at radius 3 is 2.45 bits per heavy atom. The van der Waals surface area contributed by atoms with Gasteiger partial charge in [-0.1, -0.05) is 29.8 Å². The summed E-state index contributed by atoms with van der Waals surface area (Å²) in [6.07, 6.45) is 0. The number of aromatic hydroxyl groups is 1. The number of benzene rings is 1. The van der Waals surface area contributed by atoms with E-state index in [0.29, 0.717) is 5.56 Å². The van der Waals surface area contributed by atoms with Gasteiger partial charge in [0, 0.05) is 12.6 Å². The van der Waals surface area contributed by atoms with Gasteiger partial charge in [-0.05, 0) is 6.92 Å². The zero-order valence-corrected chi connectivity index (χ0v) is 11.4. The van der Waals surface area contributed by atoms with Gasteiger partial charge in [0.2, 0.25) is 5.75 Å². The lowest BCUT2D eigenvalue weighted by Gasteiger charge is -2.10. The number of rotatable bonds is 2. The van der Waals surface area contributed by atoms with E-state index in [-0.39, 0.29) is 11.5 Å². The standard InChI is InChI=1S/C14H14N2O4/c1-8-4-6-9(7-5-8)12-15-10(14(19)20-3)11(17)13(18)16(12)2/h4-7,17H,1-3H3. The molecule has 0 aliphatic carbocycles. The summed E-state index contributed by atoms with van der Waals surface area (Å²) in [5, 5.41) is 9.70. The van der Waals surface area contributed by atoms with Crippen molar-refractivity contribution >= 4 is 5.97 Å². The number of esters is 1. The topological polar surface area (TPSA) is 81.4 Å². The molecule has 104 valence electrons. The Labute approximate surface area is 115 Å². The number of ether oxygens (including phenoxy) is 1. The van der Waals surface area contributed by atoms with Crippen LogP contribution in [0.1, 0.15) is 16.1 Å². The molecule has 20 heavy (non-hydrogen) atoms. The number of hydrogen-bond donors (Lipinski definition) is 1. The molecule has 0 spiro atoms. The molecule has 0 atom stereocenters. The molecule has 0 unspecified atom stereocenters. The first-order valence-corrected chi connectivity index (χ1v) is 5.91. The van der Waals surface area contributed by atoms with Crippen LogP contribution in [0.15, 0.2) is 29.1 Å². The van der Waals surface area contributed by atoms with E-state index < -0.39 is 17.3 Å². The van der Waals surface area contributed by atoms with Crippen molar-refractivity contribution in [3.63, 3.8) is 0 Å². The fourth-order valence-electron chi connectivity index (χ4n) is 1.79. The molecular formula is C14H14N2O4. The second-order valence-electron chi connectivity index (χ2n) is 4.35. The summed E-state index contributed by atoms with van der Waals surface area (Å²) in [7, 11) is 2.64. The van der Waals surface area contributed by atoms with Gasteiger partial charge in [-0.15, -0.1) is 0 Å². The van der Waals surface area contributed by atoms with Crippen LogP contribution in [0, 0.1) is 6.92 Å². The second kappa shape index (κ2) is 5.16. The Morgan fingerprint density at radius 2 is 1.90 bits per heavy atom.